The Hall–Kier alpha value is -0.970. The third kappa shape index (κ3) is 3.56. The minimum Gasteiger partial charge on any atom is -0.478 e. The molecule has 0 bridgehead atoms. The lowest BCUT2D eigenvalue weighted by Gasteiger charge is -2.09. The number of halogens is 3. The summed E-state index contributed by atoms with van der Waals surface area (Å²) in [6.07, 6.45) is 0. The molecule has 0 aliphatic carbocycles. The van der Waals surface area contributed by atoms with Crippen molar-refractivity contribution < 1.29 is 19.4 Å². The van der Waals surface area contributed by atoms with Crippen molar-refractivity contribution in [1.29, 1.82) is 0 Å². The van der Waals surface area contributed by atoms with Crippen LogP contribution in [-0.4, -0.2) is 20.8 Å². The van der Waals surface area contributed by atoms with Crippen molar-refractivity contribution in [1.82, 2.24) is 0 Å². The lowest BCUT2D eigenvalue weighted by Crippen LogP contribution is -2.24. The molecule has 7 heteroatoms. The van der Waals surface area contributed by atoms with E-state index in [1.54, 1.807) is 0 Å². The zero-order chi connectivity index (χ0) is 12.3. The van der Waals surface area contributed by atoms with E-state index in [1.165, 1.54) is 24.3 Å². The first-order valence-electron chi connectivity index (χ1n) is 3.93. The number of hydrogen-bond acceptors (Lipinski definition) is 3. The van der Waals surface area contributed by atoms with Crippen molar-refractivity contribution in [2.75, 3.05) is 0 Å². The summed E-state index contributed by atoms with van der Waals surface area (Å²) in [4.78, 5) is 21.6. The van der Waals surface area contributed by atoms with Crippen LogP contribution in [0, 0.1) is 0 Å². The molecule has 4 nitrogen and oxygen atoms in total. The van der Waals surface area contributed by atoms with Crippen LogP contribution in [0.4, 0.5) is 0 Å². The number of carboxylic acid groups (broad SMARTS) is 1. The Balaban J connectivity index is 2.77. The van der Waals surface area contributed by atoms with Gasteiger partial charge in [-0.1, -0.05) is 34.8 Å². The fourth-order valence-electron chi connectivity index (χ4n) is 0.830. The monoisotopic (exact) mass is 282 g/mol. The molecule has 0 aliphatic rings. The number of ether oxygens (including phenoxy) is 1. The van der Waals surface area contributed by atoms with Crippen molar-refractivity contribution in [3.63, 3.8) is 0 Å². The average Bonchev–Trinajstić information content (AvgIpc) is 2.17. The molecule has 1 aromatic rings. The van der Waals surface area contributed by atoms with Gasteiger partial charge in [-0.2, -0.15) is 0 Å². The summed E-state index contributed by atoms with van der Waals surface area (Å²) in [5.41, 5.74) is 0.0636. The minimum atomic E-state index is -2.16. The van der Waals surface area contributed by atoms with Crippen LogP contribution in [0.1, 0.15) is 10.4 Å². The third-order valence-corrected chi connectivity index (χ3v) is 2.01. The van der Waals surface area contributed by atoms with Gasteiger partial charge in [0.15, 0.2) is 0 Å². The Kier molecular flexibility index (Phi) is 4.02. The Labute approximate surface area is 106 Å². The van der Waals surface area contributed by atoms with E-state index in [9.17, 15) is 9.59 Å². The summed E-state index contributed by atoms with van der Waals surface area (Å²) in [5.74, 6) is -2.04. The van der Waals surface area contributed by atoms with E-state index in [0.717, 1.165) is 0 Å². The summed E-state index contributed by atoms with van der Waals surface area (Å²) in [5, 5.41) is 8.62. The lowest BCUT2D eigenvalue weighted by atomic mass is 10.2. The van der Waals surface area contributed by atoms with Crippen molar-refractivity contribution in [2.45, 2.75) is 3.79 Å². The first-order chi connectivity index (χ1) is 7.30. The van der Waals surface area contributed by atoms with Gasteiger partial charge in [-0.25, -0.2) is 9.59 Å². The molecule has 0 saturated carbocycles. The Morgan fingerprint density at radius 1 is 1.12 bits per heavy atom. The molecule has 0 aromatic heterocycles. The minimum absolute atomic E-state index is 0.0636. The molecule has 0 spiro atoms. The van der Waals surface area contributed by atoms with Gasteiger partial charge >= 0.3 is 11.9 Å². The summed E-state index contributed by atoms with van der Waals surface area (Å²) in [7, 11) is 0. The van der Waals surface area contributed by atoms with E-state index in [4.69, 9.17) is 39.9 Å². The molecule has 0 unspecified atom stereocenters. The van der Waals surface area contributed by atoms with E-state index in [1.807, 2.05) is 0 Å². The second-order valence-corrected chi connectivity index (χ2v) is 5.00. The first-order valence-corrected chi connectivity index (χ1v) is 5.06. The van der Waals surface area contributed by atoms with E-state index in [2.05, 4.69) is 4.74 Å². The molecular formula is C9H5Cl3O4. The molecule has 0 saturated heterocycles. The number of carboxylic acids is 1. The fraction of sp³-hybridized carbons (Fsp3) is 0.111. The van der Waals surface area contributed by atoms with Crippen molar-refractivity contribution in [3.05, 3.63) is 29.8 Å². The Morgan fingerprint density at radius 2 is 1.62 bits per heavy atom. The fourth-order valence-corrected chi connectivity index (χ4v) is 0.946. The molecule has 0 aliphatic heterocycles. The Morgan fingerprint density at radius 3 is 2.00 bits per heavy atom. The third-order valence-electron chi connectivity index (χ3n) is 1.54. The SMILES string of the molecule is O=C(O)c1ccc(OC(=O)C(Cl)(Cl)Cl)cc1. The highest BCUT2D eigenvalue weighted by atomic mass is 35.6. The quantitative estimate of drug-likeness (QED) is 0.515. The summed E-state index contributed by atoms with van der Waals surface area (Å²) in [6.45, 7) is 0. The van der Waals surface area contributed by atoms with Crippen LogP contribution in [0.25, 0.3) is 0 Å². The van der Waals surface area contributed by atoms with Crippen molar-refractivity contribution in [3.8, 4) is 5.75 Å². The second kappa shape index (κ2) is 4.91. The van der Waals surface area contributed by atoms with Crippen LogP contribution < -0.4 is 4.74 Å². The normalized spacial score (nSPS) is 10.9. The van der Waals surface area contributed by atoms with Gasteiger partial charge in [0.05, 0.1) is 5.56 Å². The summed E-state index contributed by atoms with van der Waals surface area (Å²) >= 11 is 15.8. The van der Waals surface area contributed by atoms with Crippen LogP contribution in [0.2, 0.25) is 0 Å². The topological polar surface area (TPSA) is 63.6 Å². The molecule has 0 amide bonds. The van der Waals surface area contributed by atoms with Gasteiger partial charge in [0.1, 0.15) is 5.75 Å². The predicted molar refractivity (Wildman–Crippen MR) is 59.3 cm³/mol. The number of carbonyl (C=O) groups excluding carboxylic acids is 1. The molecule has 0 fully saturated rings. The van der Waals surface area contributed by atoms with Gasteiger partial charge < -0.3 is 9.84 Å². The maximum Gasteiger partial charge on any atom is 0.363 e. The highest BCUT2D eigenvalue weighted by molar-refractivity contribution is 6.75. The van der Waals surface area contributed by atoms with E-state index < -0.39 is 15.7 Å². The molecule has 0 atom stereocenters. The van der Waals surface area contributed by atoms with E-state index >= 15 is 0 Å². The first kappa shape index (κ1) is 13.1. The number of rotatable bonds is 2. The number of benzene rings is 1. The molecule has 0 heterocycles. The van der Waals surface area contributed by atoms with Crippen molar-refractivity contribution >= 4 is 46.7 Å². The van der Waals surface area contributed by atoms with Crippen LogP contribution in [-0.2, 0) is 4.79 Å². The van der Waals surface area contributed by atoms with Crippen LogP contribution in [0.3, 0.4) is 0 Å². The van der Waals surface area contributed by atoms with Gasteiger partial charge in [0, 0.05) is 0 Å². The van der Waals surface area contributed by atoms with E-state index in [0.29, 0.717) is 0 Å². The molecule has 1 aromatic carbocycles. The zero-order valence-corrected chi connectivity index (χ0v) is 9.88. The van der Waals surface area contributed by atoms with Crippen molar-refractivity contribution in [2.24, 2.45) is 0 Å². The number of esters is 1. The van der Waals surface area contributed by atoms with Gasteiger partial charge in [-0.05, 0) is 24.3 Å². The number of hydrogen-bond donors (Lipinski definition) is 1. The smallest absolute Gasteiger partial charge is 0.363 e. The maximum atomic E-state index is 11.1. The number of alkyl halides is 3. The zero-order valence-electron chi connectivity index (χ0n) is 7.62. The molecule has 1 N–H and O–H groups in total. The molecule has 86 valence electrons. The molecule has 0 radical (unpaired) electrons. The predicted octanol–water partition coefficient (Wildman–Crippen LogP) is 2.66. The number of carbonyl (C=O) groups is 2. The van der Waals surface area contributed by atoms with Crippen LogP contribution >= 0.6 is 34.8 Å². The summed E-state index contributed by atoms with van der Waals surface area (Å²) in [6, 6.07) is 5.11. The van der Waals surface area contributed by atoms with E-state index in [-0.39, 0.29) is 11.3 Å². The maximum absolute atomic E-state index is 11.1. The summed E-state index contributed by atoms with van der Waals surface area (Å²) < 4.78 is 2.52. The Bertz CT molecular complexity index is 408. The van der Waals surface area contributed by atoms with Gasteiger partial charge in [-0.15, -0.1) is 0 Å². The lowest BCUT2D eigenvalue weighted by molar-refractivity contribution is -0.133. The molecule has 1 rings (SSSR count). The average molecular weight is 283 g/mol. The van der Waals surface area contributed by atoms with Gasteiger partial charge in [-0.3, -0.25) is 0 Å². The van der Waals surface area contributed by atoms with Crippen LogP contribution in [0.15, 0.2) is 24.3 Å². The standard InChI is InChI=1S/C9H5Cl3O4/c10-9(11,12)8(15)16-6-3-1-5(2-4-6)7(13)14/h1-4H,(H,13,14). The second-order valence-electron chi connectivity index (χ2n) is 2.72. The van der Waals surface area contributed by atoms with Crippen LogP contribution in [0.5, 0.6) is 5.75 Å². The highest BCUT2D eigenvalue weighted by Crippen LogP contribution is 2.28. The van der Waals surface area contributed by atoms with Gasteiger partial charge in [0.2, 0.25) is 0 Å². The highest BCUT2D eigenvalue weighted by Gasteiger charge is 2.33. The molecular weight excluding hydrogens is 278 g/mol. The largest absolute Gasteiger partial charge is 0.478 e. The number of aromatic carboxylic acids is 1. The molecule has 16 heavy (non-hydrogen) atoms. The van der Waals surface area contributed by atoms with Gasteiger partial charge in [0.25, 0.3) is 3.79 Å².